The summed E-state index contributed by atoms with van der Waals surface area (Å²) in [6.45, 7) is 0.492. The number of anilines is 1. The van der Waals surface area contributed by atoms with Gasteiger partial charge in [0.25, 0.3) is 0 Å². The third-order valence-electron chi connectivity index (χ3n) is 4.03. The zero-order valence-corrected chi connectivity index (χ0v) is 13.5. The van der Waals surface area contributed by atoms with Gasteiger partial charge in [-0.1, -0.05) is 6.07 Å². The first-order valence-electron chi connectivity index (χ1n) is 7.86. The van der Waals surface area contributed by atoms with Crippen LogP contribution in [-0.4, -0.2) is 23.3 Å². The number of likely N-dealkylation sites (tertiary alicyclic amines) is 1. The normalized spacial score (nSPS) is 17.4. The number of hydrogen-bond donors (Lipinski definition) is 2. The van der Waals surface area contributed by atoms with Gasteiger partial charge in [-0.25, -0.2) is 0 Å². The van der Waals surface area contributed by atoms with Crippen LogP contribution < -0.4 is 10.9 Å². The molecule has 1 fully saturated rings. The summed E-state index contributed by atoms with van der Waals surface area (Å²) >= 11 is 0. The van der Waals surface area contributed by atoms with Gasteiger partial charge in [-0.2, -0.15) is 13.2 Å². The Morgan fingerprint density at radius 2 is 2.08 bits per heavy atom. The Labute approximate surface area is 146 Å². The third kappa shape index (κ3) is 4.16. The van der Waals surface area contributed by atoms with Gasteiger partial charge in [-0.15, -0.1) is 0 Å². The number of amides is 2. The van der Waals surface area contributed by atoms with Gasteiger partial charge in [-0.3, -0.25) is 20.4 Å². The number of hydrazine groups is 1. The highest BCUT2D eigenvalue weighted by Gasteiger charge is 2.35. The molecule has 6 nitrogen and oxygen atoms in total. The smallest absolute Gasteiger partial charge is 0.416 e. The SMILES string of the molecule is O=C(NNc1cccc(C(F)(F)F)c1)[C@H]1CC(=O)N(Cc2ccco2)C1. The molecule has 0 unspecified atom stereocenters. The van der Waals surface area contributed by atoms with Crippen LogP contribution in [0, 0.1) is 5.92 Å². The van der Waals surface area contributed by atoms with E-state index in [0.29, 0.717) is 5.76 Å². The summed E-state index contributed by atoms with van der Waals surface area (Å²) in [5, 5.41) is 0. The average Bonchev–Trinajstić information content (AvgIpc) is 3.23. The molecule has 2 N–H and O–H groups in total. The maximum atomic E-state index is 12.7. The van der Waals surface area contributed by atoms with Crippen LogP contribution in [0.1, 0.15) is 17.7 Å². The van der Waals surface area contributed by atoms with E-state index in [9.17, 15) is 22.8 Å². The van der Waals surface area contributed by atoms with Crippen molar-refractivity contribution < 1.29 is 27.2 Å². The summed E-state index contributed by atoms with van der Waals surface area (Å²) in [5.74, 6) is -0.615. The maximum Gasteiger partial charge on any atom is 0.416 e. The van der Waals surface area contributed by atoms with Gasteiger partial charge in [0, 0.05) is 13.0 Å². The fraction of sp³-hybridized carbons (Fsp3) is 0.294. The number of nitrogens with one attached hydrogen (secondary N) is 2. The molecule has 1 saturated heterocycles. The van der Waals surface area contributed by atoms with Crippen molar-refractivity contribution in [3.05, 3.63) is 54.0 Å². The maximum absolute atomic E-state index is 12.7. The Hall–Kier alpha value is -2.97. The lowest BCUT2D eigenvalue weighted by atomic mass is 10.1. The van der Waals surface area contributed by atoms with Gasteiger partial charge < -0.3 is 9.32 Å². The molecule has 1 aliphatic heterocycles. The van der Waals surface area contributed by atoms with Crippen molar-refractivity contribution in [1.82, 2.24) is 10.3 Å². The number of benzene rings is 1. The predicted octanol–water partition coefficient (Wildman–Crippen LogP) is 2.79. The molecule has 0 saturated carbocycles. The molecule has 0 bridgehead atoms. The molecule has 2 heterocycles. The molecular weight excluding hydrogens is 351 g/mol. The van der Waals surface area contributed by atoms with Gasteiger partial charge >= 0.3 is 6.18 Å². The first kappa shape index (κ1) is 17.8. The second-order valence-electron chi connectivity index (χ2n) is 5.95. The molecule has 1 aliphatic rings. The van der Waals surface area contributed by atoms with Crippen molar-refractivity contribution >= 4 is 17.5 Å². The zero-order chi connectivity index (χ0) is 18.7. The van der Waals surface area contributed by atoms with E-state index in [1.807, 2.05) is 0 Å². The van der Waals surface area contributed by atoms with E-state index >= 15 is 0 Å². The van der Waals surface area contributed by atoms with Crippen molar-refractivity contribution in [3.8, 4) is 0 Å². The fourth-order valence-corrected chi connectivity index (χ4v) is 2.70. The molecule has 1 aromatic heterocycles. The van der Waals surface area contributed by atoms with E-state index < -0.39 is 23.6 Å². The van der Waals surface area contributed by atoms with Gasteiger partial charge in [0.1, 0.15) is 5.76 Å². The molecule has 0 radical (unpaired) electrons. The molecule has 138 valence electrons. The Morgan fingerprint density at radius 1 is 1.27 bits per heavy atom. The van der Waals surface area contributed by atoms with Crippen molar-refractivity contribution in [2.24, 2.45) is 5.92 Å². The Bertz CT molecular complexity index is 790. The topological polar surface area (TPSA) is 74.6 Å². The quantitative estimate of drug-likeness (QED) is 0.797. The molecule has 3 rings (SSSR count). The molecular formula is C17H16F3N3O3. The molecule has 1 aromatic carbocycles. The minimum absolute atomic E-state index is 0.0385. The molecule has 2 aromatic rings. The number of carbonyl (C=O) groups is 2. The van der Waals surface area contributed by atoms with Crippen molar-refractivity contribution in [1.29, 1.82) is 0 Å². The summed E-state index contributed by atoms with van der Waals surface area (Å²) in [4.78, 5) is 25.7. The number of alkyl halides is 3. The second kappa shape index (κ2) is 7.11. The highest BCUT2D eigenvalue weighted by Crippen LogP contribution is 2.30. The van der Waals surface area contributed by atoms with E-state index in [1.54, 1.807) is 12.1 Å². The van der Waals surface area contributed by atoms with E-state index in [1.165, 1.54) is 23.3 Å². The summed E-state index contributed by atoms with van der Waals surface area (Å²) < 4.78 is 43.2. The van der Waals surface area contributed by atoms with Gasteiger partial charge in [0.2, 0.25) is 11.8 Å². The van der Waals surface area contributed by atoms with Crippen LogP contribution in [0.25, 0.3) is 0 Å². The van der Waals surface area contributed by atoms with Crippen LogP contribution in [0.15, 0.2) is 47.1 Å². The Kier molecular flexibility index (Phi) is 4.88. The zero-order valence-electron chi connectivity index (χ0n) is 13.5. The summed E-state index contributed by atoms with van der Waals surface area (Å²) in [5.41, 5.74) is 4.10. The van der Waals surface area contributed by atoms with Crippen LogP contribution in [0.5, 0.6) is 0 Å². The number of nitrogens with zero attached hydrogens (tertiary/aromatic N) is 1. The number of carbonyl (C=O) groups excluding carboxylic acids is 2. The largest absolute Gasteiger partial charge is 0.467 e. The molecule has 0 spiro atoms. The second-order valence-corrected chi connectivity index (χ2v) is 5.95. The van der Waals surface area contributed by atoms with E-state index in [0.717, 1.165) is 12.1 Å². The molecule has 1 atom stereocenters. The van der Waals surface area contributed by atoms with Crippen LogP contribution in [0.2, 0.25) is 0 Å². The van der Waals surface area contributed by atoms with Gasteiger partial charge in [-0.05, 0) is 30.3 Å². The van der Waals surface area contributed by atoms with Crippen molar-refractivity contribution in [3.63, 3.8) is 0 Å². The Balaban J connectivity index is 1.55. The lowest BCUT2D eigenvalue weighted by Gasteiger charge is -2.16. The minimum Gasteiger partial charge on any atom is -0.467 e. The van der Waals surface area contributed by atoms with Gasteiger partial charge in [0.05, 0.1) is 30.0 Å². The summed E-state index contributed by atoms with van der Waals surface area (Å²) in [7, 11) is 0. The number of furan rings is 1. The van der Waals surface area contributed by atoms with Crippen LogP contribution in [0.3, 0.4) is 0 Å². The first-order chi connectivity index (χ1) is 12.3. The van der Waals surface area contributed by atoms with Gasteiger partial charge in [0.15, 0.2) is 0 Å². The van der Waals surface area contributed by atoms with Crippen molar-refractivity contribution in [2.45, 2.75) is 19.1 Å². The van der Waals surface area contributed by atoms with Crippen LogP contribution in [-0.2, 0) is 22.3 Å². The third-order valence-corrected chi connectivity index (χ3v) is 4.03. The summed E-state index contributed by atoms with van der Waals surface area (Å²) in [6, 6.07) is 7.91. The first-order valence-corrected chi connectivity index (χ1v) is 7.86. The van der Waals surface area contributed by atoms with E-state index in [4.69, 9.17) is 4.42 Å². The molecule has 26 heavy (non-hydrogen) atoms. The lowest BCUT2D eigenvalue weighted by molar-refractivity contribution is -0.137. The lowest BCUT2D eigenvalue weighted by Crippen LogP contribution is -2.36. The summed E-state index contributed by atoms with van der Waals surface area (Å²) in [6.07, 6.45) is -2.93. The van der Waals surface area contributed by atoms with E-state index in [2.05, 4.69) is 10.9 Å². The van der Waals surface area contributed by atoms with Crippen LogP contribution in [0.4, 0.5) is 18.9 Å². The van der Waals surface area contributed by atoms with Crippen LogP contribution >= 0.6 is 0 Å². The molecule has 2 amide bonds. The fourth-order valence-electron chi connectivity index (χ4n) is 2.70. The minimum atomic E-state index is -4.47. The number of halogens is 3. The standard InChI is InChI=1S/C17H16F3N3O3/c18-17(19,20)12-3-1-4-13(8-12)21-22-16(25)11-7-15(24)23(9-11)10-14-5-2-6-26-14/h1-6,8,11,21H,7,9-10H2,(H,22,25)/t11-/m0/s1. The van der Waals surface area contributed by atoms with E-state index in [-0.39, 0.29) is 31.1 Å². The predicted molar refractivity (Wildman–Crippen MR) is 85.4 cm³/mol. The number of rotatable bonds is 5. The monoisotopic (exact) mass is 367 g/mol. The highest BCUT2D eigenvalue weighted by atomic mass is 19.4. The Morgan fingerprint density at radius 3 is 2.77 bits per heavy atom. The number of hydrogen-bond acceptors (Lipinski definition) is 4. The molecule has 0 aliphatic carbocycles. The molecule has 9 heteroatoms. The average molecular weight is 367 g/mol. The van der Waals surface area contributed by atoms with Crippen molar-refractivity contribution in [2.75, 3.05) is 12.0 Å². The highest BCUT2D eigenvalue weighted by molar-refractivity contribution is 5.89.